The fourth-order valence-corrected chi connectivity index (χ4v) is 3.47. The number of carbonyl (C=O) groups is 2. The maximum atomic E-state index is 12.5. The maximum absolute atomic E-state index is 12.5. The molecule has 0 aliphatic carbocycles. The van der Waals surface area contributed by atoms with Crippen LogP contribution in [0.15, 0.2) is 52.0 Å². The molecule has 1 aliphatic rings. The lowest BCUT2D eigenvalue weighted by atomic mass is 9.88. The van der Waals surface area contributed by atoms with Crippen LogP contribution in [-0.4, -0.2) is 36.8 Å². The standard InChI is InChI=1S/C19H18BrN3O4/c1-27-15-8-13(20)7-12(17(15)24)9-22-23-19(26)16-14(10-21-18(16)25)11-5-3-2-4-6-11/h2-9,14,16,24H,10H2,1H3,(H,21,25)(H,23,26). The van der Waals surface area contributed by atoms with Crippen LogP contribution in [0.1, 0.15) is 17.0 Å². The van der Waals surface area contributed by atoms with E-state index in [-0.39, 0.29) is 23.3 Å². The number of carbonyl (C=O) groups excluding carboxylic acids is 2. The molecule has 2 aromatic rings. The second-order valence-electron chi connectivity index (χ2n) is 6.02. The number of phenolic OH excluding ortho intramolecular Hbond substituents is 1. The molecule has 1 heterocycles. The van der Waals surface area contributed by atoms with E-state index in [0.29, 0.717) is 16.6 Å². The Kier molecular flexibility index (Phi) is 5.75. The van der Waals surface area contributed by atoms with Crippen molar-refractivity contribution in [2.75, 3.05) is 13.7 Å². The fraction of sp³-hybridized carbons (Fsp3) is 0.211. The minimum atomic E-state index is -0.866. The molecule has 140 valence electrons. The normalized spacial score (nSPS) is 19.1. The molecule has 2 aromatic carbocycles. The third kappa shape index (κ3) is 4.11. The topological polar surface area (TPSA) is 100 Å². The predicted molar refractivity (Wildman–Crippen MR) is 104 cm³/mol. The summed E-state index contributed by atoms with van der Waals surface area (Å²) in [5.41, 5.74) is 3.66. The van der Waals surface area contributed by atoms with Crippen LogP contribution < -0.4 is 15.5 Å². The molecule has 2 unspecified atom stereocenters. The molecule has 2 atom stereocenters. The van der Waals surface area contributed by atoms with Gasteiger partial charge in [0.1, 0.15) is 5.92 Å². The van der Waals surface area contributed by atoms with E-state index in [1.807, 2.05) is 30.3 Å². The van der Waals surface area contributed by atoms with Crippen molar-refractivity contribution in [3.63, 3.8) is 0 Å². The number of ether oxygens (including phenoxy) is 1. The van der Waals surface area contributed by atoms with E-state index in [1.165, 1.54) is 13.3 Å². The second kappa shape index (κ2) is 8.22. The molecular weight excluding hydrogens is 414 g/mol. The summed E-state index contributed by atoms with van der Waals surface area (Å²) < 4.78 is 5.75. The van der Waals surface area contributed by atoms with E-state index in [9.17, 15) is 14.7 Å². The number of nitrogens with one attached hydrogen (secondary N) is 2. The van der Waals surface area contributed by atoms with Gasteiger partial charge in [-0.3, -0.25) is 9.59 Å². The molecule has 0 bridgehead atoms. The monoisotopic (exact) mass is 431 g/mol. The number of hydrogen-bond acceptors (Lipinski definition) is 5. The summed E-state index contributed by atoms with van der Waals surface area (Å²) in [7, 11) is 1.44. The Labute approximate surface area is 164 Å². The van der Waals surface area contributed by atoms with E-state index >= 15 is 0 Å². The smallest absolute Gasteiger partial charge is 0.253 e. The molecular formula is C19H18BrN3O4. The Morgan fingerprint density at radius 2 is 2.11 bits per heavy atom. The van der Waals surface area contributed by atoms with Gasteiger partial charge >= 0.3 is 0 Å². The van der Waals surface area contributed by atoms with Crippen LogP contribution in [0.2, 0.25) is 0 Å². The van der Waals surface area contributed by atoms with Crippen molar-refractivity contribution in [3.05, 3.63) is 58.1 Å². The number of aromatic hydroxyl groups is 1. The average Bonchev–Trinajstić information content (AvgIpc) is 3.06. The van der Waals surface area contributed by atoms with Gasteiger partial charge in [0.25, 0.3) is 5.91 Å². The maximum Gasteiger partial charge on any atom is 0.253 e. The molecule has 0 radical (unpaired) electrons. The van der Waals surface area contributed by atoms with E-state index in [4.69, 9.17) is 4.74 Å². The minimum Gasteiger partial charge on any atom is -0.504 e. The summed E-state index contributed by atoms with van der Waals surface area (Å²) in [6, 6.07) is 12.6. The van der Waals surface area contributed by atoms with E-state index in [0.717, 1.165) is 5.56 Å². The first-order valence-electron chi connectivity index (χ1n) is 8.23. The third-order valence-corrected chi connectivity index (χ3v) is 4.82. The highest BCUT2D eigenvalue weighted by atomic mass is 79.9. The molecule has 3 N–H and O–H groups in total. The molecule has 1 saturated heterocycles. The Morgan fingerprint density at radius 3 is 2.81 bits per heavy atom. The van der Waals surface area contributed by atoms with Crippen LogP contribution in [0.4, 0.5) is 0 Å². The zero-order valence-corrected chi connectivity index (χ0v) is 16.1. The number of nitrogens with zero attached hydrogens (tertiary/aromatic N) is 1. The molecule has 8 heteroatoms. The lowest BCUT2D eigenvalue weighted by Gasteiger charge is -2.15. The van der Waals surface area contributed by atoms with Crippen molar-refractivity contribution in [1.82, 2.24) is 10.7 Å². The van der Waals surface area contributed by atoms with E-state index in [1.54, 1.807) is 12.1 Å². The molecule has 2 amide bonds. The van der Waals surface area contributed by atoms with E-state index in [2.05, 4.69) is 31.8 Å². The number of methoxy groups -OCH3 is 1. The number of hydrogen-bond donors (Lipinski definition) is 3. The van der Waals surface area contributed by atoms with Gasteiger partial charge in [-0.1, -0.05) is 46.3 Å². The summed E-state index contributed by atoms with van der Waals surface area (Å²) in [5.74, 6) is -1.78. The number of phenols is 1. The lowest BCUT2D eigenvalue weighted by Crippen LogP contribution is -2.34. The van der Waals surface area contributed by atoms with Crippen LogP contribution in [0.5, 0.6) is 11.5 Å². The Hall–Kier alpha value is -2.87. The van der Waals surface area contributed by atoms with Crippen LogP contribution in [0, 0.1) is 5.92 Å². The highest BCUT2D eigenvalue weighted by Gasteiger charge is 2.40. The van der Waals surface area contributed by atoms with Crippen molar-refractivity contribution in [1.29, 1.82) is 0 Å². The number of halogens is 1. The molecule has 0 aromatic heterocycles. The van der Waals surface area contributed by atoms with Crippen LogP contribution in [-0.2, 0) is 9.59 Å². The summed E-state index contributed by atoms with van der Waals surface area (Å²) in [6.45, 7) is 0.397. The zero-order chi connectivity index (χ0) is 19.4. The summed E-state index contributed by atoms with van der Waals surface area (Å²) >= 11 is 3.31. The number of rotatable bonds is 5. The lowest BCUT2D eigenvalue weighted by molar-refractivity contribution is -0.133. The SMILES string of the molecule is COc1cc(Br)cc(C=NNC(=O)C2C(=O)NCC2c2ccccc2)c1O. The predicted octanol–water partition coefficient (Wildman–Crippen LogP) is 2.14. The van der Waals surface area contributed by atoms with Gasteiger partial charge in [0.15, 0.2) is 11.5 Å². The van der Waals surface area contributed by atoms with Crippen LogP contribution >= 0.6 is 15.9 Å². The molecule has 7 nitrogen and oxygen atoms in total. The fourth-order valence-electron chi connectivity index (χ4n) is 3.02. The van der Waals surface area contributed by atoms with Crippen molar-refractivity contribution in [2.24, 2.45) is 11.0 Å². The highest BCUT2D eigenvalue weighted by molar-refractivity contribution is 9.10. The first-order valence-corrected chi connectivity index (χ1v) is 9.02. The van der Waals surface area contributed by atoms with Crippen molar-refractivity contribution >= 4 is 34.0 Å². The minimum absolute atomic E-state index is 0.0977. The molecule has 3 rings (SSSR count). The molecule has 1 aliphatic heterocycles. The van der Waals surface area contributed by atoms with Gasteiger partial charge in [-0.25, -0.2) is 5.43 Å². The third-order valence-electron chi connectivity index (χ3n) is 4.36. The van der Waals surface area contributed by atoms with Crippen molar-refractivity contribution < 1.29 is 19.4 Å². The van der Waals surface area contributed by atoms with Gasteiger partial charge in [0.05, 0.1) is 13.3 Å². The number of hydrazone groups is 1. The Morgan fingerprint density at radius 1 is 1.37 bits per heavy atom. The largest absolute Gasteiger partial charge is 0.504 e. The van der Waals surface area contributed by atoms with Gasteiger partial charge in [0, 0.05) is 22.5 Å². The van der Waals surface area contributed by atoms with Crippen molar-refractivity contribution in [2.45, 2.75) is 5.92 Å². The first-order chi connectivity index (χ1) is 13.0. The molecule has 0 spiro atoms. The Balaban J connectivity index is 1.74. The van der Waals surface area contributed by atoms with Crippen LogP contribution in [0.3, 0.4) is 0 Å². The Bertz CT molecular complexity index is 886. The molecule has 0 saturated carbocycles. The van der Waals surface area contributed by atoms with E-state index < -0.39 is 11.8 Å². The van der Waals surface area contributed by atoms with Gasteiger partial charge in [-0.15, -0.1) is 0 Å². The summed E-state index contributed by atoms with van der Waals surface area (Å²) in [5, 5.41) is 16.7. The van der Waals surface area contributed by atoms with Crippen molar-refractivity contribution in [3.8, 4) is 11.5 Å². The summed E-state index contributed by atoms with van der Waals surface area (Å²) in [6.07, 6.45) is 1.30. The first kappa shape index (κ1) is 18.9. The highest BCUT2D eigenvalue weighted by Crippen LogP contribution is 2.32. The van der Waals surface area contributed by atoms with Gasteiger partial charge in [-0.05, 0) is 17.7 Å². The number of benzene rings is 2. The summed E-state index contributed by atoms with van der Waals surface area (Å²) in [4.78, 5) is 24.7. The van der Waals surface area contributed by atoms with Gasteiger partial charge < -0.3 is 15.2 Å². The molecule has 1 fully saturated rings. The average molecular weight is 432 g/mol. The second-order valence-corrected chi connectivity index (χ2v) is 6.94. The zero-order valence-electron chi connectivity index (χ0n) is 14.5. The molecule has 27 heavy (non-hydrogen) atoms. The van der Waals surface area contributed by atoms with Gasteiger partial charge in [-0.2, -0.15) is 5.10 Å². The van der Waals surface area contributed by atoms with Crippen LogP contribution in [0.25, 0.3) is 0 Å². The van der Waals surface area contributed by atoms with Gasteiger partial charge in [0.2, 0.25) is 5.91 Å². The quantitative estimate of drug-likeness (QED) is 0.383. The number of amides is 2.